The quantitative estimate of drug-likeness (QED) is 0.259. The average molecular weight is 508 g/mol. The fourth-order valence-electron chi connectivity index (χ4n) is 2.73. The van der Waals surface area contributed by atoms with E-state index < -0.39 is 45.1 Å². The van der Waals surface area contributed by atoms with Crippen LogP contribution in [0.4, 0.5) is 33.3 Å². The van der Waals surface area contributed by atoms with Crippen LogP contribution in [0.5, 0.6) is 0 Å². The summed E-state index contributed by atoms with van der Waals surface area (Å²) in [6, 6.07) is 2.92. The Hall–Kier alpha value is -3.26. The Morgan fingerprint density at radius 2 is 1.85 bits per heavy atom. The Balaban J connectivity index is 2.17. The number of carbonyl (C=O) groups excluding carboxylic acids is 1. The minimum Gasteiger partial charge on any atom is -0.383 e. The smallest absolute Gasteiger partial charge is 0.383 e. The number of alkyl halides is 3. The van der Waals surface area contributed by atoms with E-state index in [0.29, 0.717) is 0 Å². The van der Waals surface area contributed by atoms with E-state index in [4.69, 9.17) is 4.74 Å². The van der Waals surface area contributed by atoms with Gasteiger partial charge in [0.1, 0.15) is 5.69 Å². The number of sulfonamides is 1. The number of rotatable bonds is 10. The maximum atomic E-state index is 14.0. The highest BCUT2D eigenvalue weighted by Crippen LogP contribution is 2.34. The van der Waals surface area contributed by atoms with Gasteiger partial charge in [-0.3, -0.25) is 14.5 Å². The molecule has 1 aromatic carbocycles. The van der Waals surface area contributed by atoms with Crippen molar-refractivity contribution in [2.45, 2.75) is 12.7 Å². The molecule has 0 saturated heterocycles. The van der Waals surface area contributed by atoms with Crippen LogP contribution in [0.3, 0.4) is 0 Å². The number of nitrogens with one attached hydrogen (secondary N) is 3. The van der Waals surface area contributed by atoms with Crippen LogP contribution in [-0.2, 0) is 32.3 Å². The van der Waals surface area contributed by atoms with E-state index in [0.717, 1.165) is 36.7 Å². The van der Waals surface area contributed by atoms with Crippen molar-refractivity contribution < 1.29 is 39.9 Å². The predicted octanol–water partition coefficient (Wildman–Crippen LogP) is 3.14. The number of anilines is 2. The number of ether oxygens (including phenoxy) is 1. The number of aromatic nitrogens is 1. The molecule has 0 fully saturated rings. The summed E-state index contributed by atoms with van der Waals surface area (Å²) in [5.41, 5.74) is -2.44. The molecule has 1 heterocycles. The minimum atomic E-state index is -4.79. The minimum absolute atomic E-state index is 0.0462. The molecule has 0 spiro atoms. The first-order valence-corrected chi connectivity index (χ1v) is 11.4. The molecule has 2 rings (SSSR count). The molecular formula is C20H21F5N4O4S. The average Bonchev–Trinajstić information content (AvgIpc) is 2.72. The second-order valence-electron chi connectivity index (χ2n) is 6.90. The van der Waals surface area contributed by atoms with Crippen LogP contribution >= 0.6 is 0 Å². The molecule has 2 aromatic rings. The molecule has 0 aliphatic carbocycles. The summed E-state index contributed by atoms with van der Waals surface area (Å²) in [5.74, 6) is -3.26. The molecule has 0 unspecified atom stereocenters. The van der Waals surface area contributed by atoms with Gasteiger partial charge in [0.05, 0.1) is 12.9 Å². The highest BCUT2D eigenvalue weighted by molar-refractivity contribution is 7.92. The fraction of sp³-hybridized carbons (Fsp3) is 0.300. The van der Waals surface area contributed by atoms with Crippen molar-refractivity contribution in [3.8, 4) is 0 Å². The third-order valence-electron chi connectivity index (χ3n) is 4.14. The molecule has 14 heteroatoms. The highest BCUT2D eigenvalue weighted by Gasteiger charge is 2.35. The number of hydrogen-bond acceptors (Lipinski definition) is 6. The Morgan fingerprint density at radius 3 is 2.41 bits per heavy atom. The van der Waals surface area contributed by atoms with Gasteiger partial charge in [-0.25, -0.2) is 17.2 Å². The Labute approximate surface area is 192 Å². The maximum Gasteiger partial charge on any atom is 0.434 e. The lowest BCUT2D eigenvalue weighted by Crippen LogP contribution is -2.21. The van der Waals surface area contributed by atoms with E-state index in [-0.39, 0.29) is 36.5 Å². The van der Waals surface area contributed by atoms with Crippen LogP contribution < -0.4 is 15.4 Å². The van der Waals surface area contributed by atoms with E-state index >= 15 is 0 Å². The van der Waals surface area contributed by atoms with Crippen molar-refractivity contribution in [3.05, 3.63) is 58.9 Å². The van der Waals surface area contributed by atoms with Crippen molar-refractivity contribution >= 4 is 33.4 Å². The van der Waals surface area contributed by atoms with Crippen LogP contribution in [-0.4, -0.2) is 45.8 Å². The molecule has 34 heavy (non-hydrogen) atoms. The summed E-state index contributed by atoms with van der Waals surface area (Å²) in [6.45, 7) is 0.0410. The lowest BCUT2D eigenvalue weighted by atomic mass is 10.1. The zero-order valence-electron chi connectivity index (χ0n) is 18.0. The summed E-state index contributed by atoms with van der Waals surface area (Å²) in [5, 5.41) is 5.04. The van der Waals surface area contributed by atoms with Gasteiger partial charge in [0.2, 0.25) is 15.9 Å². The first-order valence-electron chi connectivity index (χ1n) is 9.52. The van der Waals surface area contributed by atoms with Crippen LogP contribution in [0.1, 0.15) is 16.8 Å². The SMILES string of the molecule is COCCNc1ccnc(C(F)(F)F)c1/C=C/C(=O)NCc1cc(F)c(NS(C)(=O)=O)c(F)c1. The van der Waals surface area contributed by atoms with Crippen molar-refractivity contribution in [2.24, 2.45) is 0 Å². The van der Waals surface area contributed by atoms with Crippen molar-refractivity contribution in [1.82, 2.24) is 10.3 Å². The molecule has 0 radical (unpaired) electrons. The van der Waals surface area contributed by atoms with Crippen molar-refractivity contribution in [3.63, 3.8) is 0 Å². The van der Waals surface area contributed by atoms with Crippen LogP contribution in [0.2, 0.25) is 0 Å². The number of carbonyl (C=O) groups is 1. The number of amides is 1. The summed E-state index contributed by atoms with van der Waals surface area (Å²) >= 11 is 0. The Morgan fingerprint density at radius 1 is 1.21 bits per heavy atom. The second-order valence-corrected chi connectivity index (χ2v) is 8.65. The number of methoxy groups -OCH3 is 1. The highest BCUT2D eigenvalue weighted by atomic mass is 32.2. The number of nitrogens with zero attached hydrogens (tertiary/aromatic N) is 1. The molecule has 0 saturated carbocycles. The van der Waals surface area contributed by atoms with Gasteiger partial charge in [-0.05, 0) is 29.8 Å². The van der Waals surface area contributed by atoms with E-state index in [9.17, 15) is 35.2 Å². The van der Waals surface area contributed by atoms with Crippen LogP contribution in [0.15, 0.2) is 30.5 Å². The molecule has 0 aliphatic rings. The largest absolute Gasteiger partial charge is 0.434 e. The number of halogens is 5. The topological polar surface area (TPSA) is 109 Å². The molecule has 186 valence electrons. The summed E-state index contributed by atoms with van der Waals surface area (Å²) < 4.78 is 97.1. The maximum absolute atomic E-state index is 14.0. The van der Waals surface area contributed by atoms with Gasteiger partial charge in [-0.2, -0.15) is 13.2 Å². The molecule has 0 bridgehead atoms. The monoisotopic (exact) mass is 508 g/mol. The number of benzene rings is 1. The first kappa shape index (κ1) is 27.0. The molecular weight excluding hydrogens is 487 g/mol. The lowest BCUT2D eigenvalue weighted by Gasteiger charge is -2.14. The standard InChI is InChI=1S/C20H21F5N4O4S/c1-33-8-7-26-16-5-6-27-19(20(23,24)25)13(16)3-4-17(30)28-11-12-9-14(21)18(15(22)10-12)29-34(2,31)32/h3-6,9-10,29H,7-8,11H2,1-2H3,(H,26,27)(H,28,30)/b4-3+. The van der Waals surface area contributed by atoms with Crippen molar-refractivity contribution in [2.75, 3.05) is 36.6 Å². The van der Waals surface area contributed by atoms with E-state index in [2.05, 4.69) is 15.6 Å². The zero-order valence-corrected chi connectivity index (χ0v) is 18.8. The normalized spacial score (nSPS) is 12.1. The zero-order chi connectivity index (χ0) is 25.5. The third-order valence-corrected chi connectivity index (χ3v) is 4.71. The van der Waals surface area contributed by atoms with Crippen LogP contribution in [0.25, 0.3) is 6.08 Å². The van der Waals surface area contributed by atoms with E-state index in [1.165, 1.54) is 13.2 Å². The van der Waals surface area contributed by atoms with Gasteiger partial charge in [-0.15, -0.1) is 0 Å². The van der Waals surface area contributed by atoms with Crippen LogP contribution in [0, 0.1) is 11.6 Å². The Bertz CT molecular complexity index is 1150. The fourth-order valence-corrected chi connectivity index (χ4v) is 3.29. The molecule has 0 atom stereocenters. The second kappa shape index (κ2) is 11.2. The predicted molar refractivity (Wildman–Crippen MR) is 115 cm³/mol. The molecule has 8 nitrogen and oxygen atoms in total. The van der Waals surface area contributed by atoms with Gasteiger partial charge in [-0.1, -0.05) is 0 Å². The Kier molecular flexibility index (Phi) is 8.93. The first-order chi connectivity index (χ1) is 15.8. The number of pyridine rings is 1. The van der Waals surface area contributed by atoms with E-state index in [1.54, 1.807) is 4.72 Å². The van der Waals surface area contributed by atoms with Gasteiger partial charge >= 0.3 is 6.18 Å². The number of hydrogen-bond donors (Lipinski definition) is 3. The molecule has 3 N–H and O–H groups in total. The van der Waals surface area contributed by atoms with Gasteiger partial charge in [0.15, 0.2) is 17.3 Å². The van der Waals surface area contributed by atoms with Gasteiger partial charge in [0, 0.05) is 43.7 Å². The third kappa shape index (κ3) is 7.95. The van der Waals surface area contributed by atoms with E-state index in [1.807, 2.05) is 0 Å². The summed E-state index contributed by atoms with van der Waals surface area (Å²) in [6.07, 6.45) is -1.36. The molecule has 0 aliphatic heterocycles. The lowest BCUT2D eigenvalue weighted by molar-refractivity contribution is -0.141. The van der Waals surface area contributed by atoms with Gasteiger partial charge in [0.25, 0.3) is 0 Å². The molecule has 1 amide bonds. The molecule has 1 aromatic heterocycles. The summed E-state index contributed by atoms with van der Waals surface area (Å²) in [4.78, 5) is 15.5. The summed E-state index contributed by atoms with van der Waals surface area (Å²) in [7, 11) is -2.50. The van der Waals surface area contributed by atoms with Gasteiger partial charge < -0.3 is 15.4 Å². The van der Waals surface area contributed by atoms with Crippen molar-refractivity contribution in [1.29, 1.82) is 0 Å².